The lowest BCUT2D eigenvalue weighted by Crippen LogP contribution is -2.35. The van der Waals surface area contributed by atoms with Crippen LogP contribution < -0.4 is 5.32 Å². The average molecular weight is 548 g/mol. The number of aromatic nitrogens is 1. The average Bonchev–Trinajstić information content (AvgIpc) is 2.92. The Labute approximate surface area is 231 Å². The molecule has 1 aromatic heterocycles. The summed E-state index contributed by atoms with van der Waals surface area (Å²) in [5, 5.41) is 4.23. The number of benzene rings is 3. The van der Waals surface area contributed by atoms with Gasteiger partial charge in [-0.05, 0) is 36.2 Å². The molecule has 0 fully saturated rings. The molecular formula is C30H27Cl2N3O3. The number of nitrogens with zero attached hydrogens (tertiary/aromatic N) is 2. The van der Waals surface area contributed by atoms with Gasteiger partial charge in [0, 0.05) is 47.7 Å². The third-order valence-electron chi connectivity index (χ3n) is 6.68. The molecule has 0 radical (unpaired) electrons. The van der Waals surface area contributed by atoms with Gasteiger partial charge in [0.2, 0.25) is 0 Å². The van der Waals surface area contributed by atoms with E-state index in [-0.39, 0.29) is 0 Å². The molecule has 1 amide bonds. The second-order valence-electron chi connectivity index (χ2n) is 9.29. The molecule has 2 heterocycles. The number of esters is 1. The minimum absolute atomic E-state index is 0.300. The molecule has 1 aliphatic heterocycles. The molecule has 6 nitrogen and oxygen atoms in total. The van der Waals surface area contributed by atoms with Crippen LogP contribution in [0.25, 0.3) is 10.9 Å². The zero-order valence-corrected chi connectivity index (χ0v) is 22.4. The van der Waals surface area contributed by atoms with Gasteiger partial charge in [-0.1, -0.05) is 78.7 Å². The van der Waals surface area contributed by atoms with E-state index >= 15 is 0 Å². The van der Waals surface area contributed by atoms with E-state index < -0.39 is 18.0 Å². The lowest BCUT2D eigenvalue weighted by Gasteiger charge is -2.30. The summed E-state index contributed by atoms with van der Waals surface area (Å²) in [5.74, 6) is -0.992. The number of rotatable bonds is 7. The van der Waals surface area contributed by atoms with Crippen LogP contribution in [-0.2, 0) is 29.0 Å². The predicted molar refractivity (Wildman–Crippen MR) is 151 cm³/mol. The summed E-state index contributed by atoms with van der Waals surface area (Å²) < 4.78 is 5.84. The highest BCUT2D eigenvalue weighted by Gasteiger charge is 2.30. The number of carbonyl (C=O) groups is 2. The Hall–Kier alpha value is -3.45. The summed E-state index contributed by atoms with van der Waals surface area (Å²) in [6, 6.07) is 22.6. The van der Waals surface area contributed by atoms with Crippen molar-refractivity contribution in [2.24, 2.45) is 0 Å². The molecule has 0 saturated carbocycles. The standard InChI is InChI=1S/C30H27Cl2N3O3/c1-2-27(29(36)34-26-13-12-20(31)16-23(26)32)38-30(37)28-21-10-6-7-11-24(21)33-25-14-15-35(18-22(25)28)17-19-8-4-3-5-9-19/h3-13,16,27H,2,14-15,17-18H2,1H3,(H,34,36). The molecule has 38 heavy (non-hydrogen) atoms. The van der Waals surface area contributed by atoms with Gasteiger partial charge in [0.05, 0.1) is 21.8 Å². The first-order valence-electron chi connectivity index (χ1n) is 12.6. The maximum absolute atomic E-state index is 13.7. The Morgan fingerprint density at radius 3 is 2.58 bits per heavy atom. The molecular weight excluding hydrogens is 521 g/mol. The van der Waals surface area contributed by atoms with Crippen LogP contribution in [0.4, 0.5) is 5.69 Å². The first-order chi connectivity index (χ1) is 18.4. The van der Waals surface area contributed by atoms with Gasteiger partial charge in [-0.2, -0.15) is 0 Å². The smallest absolute Gasteiger partial charge is 0.340 e. The molecule has 5 rings (SSSR count). The van der Waals surface area contributed by atoms with E-state index in [1.807, 2.05) is 42.5 Å². The molecule has 4 aromatic rings. The first-order valence-corrected chi connectivity index (χ1v) is 13.3. The van der Waals surface area contributed by atoms with Gasteiger partial charge >= 0.3 is 5.97 Å². The van der Waals surface area contributed by atoms with Crippen LogP contribution in [0.1, 0.15) is 40.5 Å². The molecule has 1 aliphatic rings. The third-order valence-corrected chi connectivity index (χ3v) is 7.23. The number of fused-ring (bicyclic) bond motifs is 2. The molecule has 1 atom stereocenters. The minimum Gasteiger partial charge on any atom is -0.449 e. The number of nitrogens with one attached hydrogen (secondary N) is 1. The number of para-hydroxylation sites is 1. The van der Waals surface area contributed by atoms with Gasteiger partial charge in [-0.15, -0.1) is 0 Å². The highest BCUT2D eigenvalue weighted by molar-refractivity contribution is 6.36. The molecule has 1 unspecified atom stereocenters. The summed E-state index contributed by atoms with van der Waals surface area (Å²) in [7, 11) is 0. The Morgan fingerprint density at radius 2 is 1.82 bits per heavy atom. The van der Waals surface area contributed by atoms with Crippen LogP contribution in [0.3, 0.4) is 0 Å². The summed E-state index contributed by atoms with van der Waals surface area (Å²) >= 11 is 12.2. The van der Waals surface area contributed by atoms with Crippen LogP contribution in [-0.4, -0.2) is 34.4 Å². The number of pyridine rings is 1. The lowest BCUT2D eigenvalue weighted by atomic mass is 9.95. The largest absolute Gasteiger partial charge is 0.449 e. The minimum atomic E-state index is -0.999. The fourth-order valence-electron chi connectivity index (χ4n) is 4.77. The molecule has 0 aliphatic carbocycles. The number of hydrogen-bond acceptors (Lipinski definition) is 5. The molecule has 0 bridgehead atoms. The fraction of sp³-hybridized carbons (Fsp3) is 0.233. The van der Waals surface area contributed by atoms with Crippen molar-refractivity contribution >= 4 is 51.7 Å². The fourth-order valence-corrected chi connectivity index (χ4v) is 5.23. The van der Waals surface area contributed by atoms with Gasteiger partial charge in [0.15, 0.2) is 6.10 Å². The summed E-state index contributed by atoms with van der Waals surface area (Å²) in [5.41, 5.74) is 4.56. The van der Waals surface area contributed by atoms with Crippen LogP contribution >= 0.6 is 23.2 Å². The number of amides is 1. The van der Waals surface area contributed by atoms with Crippen molar-refractivity contribution in [2.75, 3.05) is 11.9 Å². The zero-order valence-electron chi connectivity index (χ0n) is 20.9. The van der Waals surface area contributed by atoms with Crippen molar-refractivity contribution in [3.63, 3.8) is 0 Å². The topological polar surface area (TPSA) is 71.5 Å². The second kappa shape index (κ2) is 11.5. The highest BCUT2D eigenvalue weighted by atomic mass is 35.5. The van der Waals surface area contributed by atoms with Crippen LogP contribution in [0.5, 0.6) is 0 Å². The summed E-state index contributed by atoms with van der Waals surface area (Å²) in [6.07, 6.45) is 0.0228. The second-order valence-corrected chi connectivity index (χ2v) is 10.1. The Kier molecular flexibility index (Phi) is 7.93. The van der Waals surface area contributed by atoms with E-state index in [1.54, 1.807) is 25.1 Å². The van der Waals surface area contributed by atoms with E-state index in [0.29, 0.717) is 39.6 Å². The molecule has 8 heteroatoms. The molecule has 0 spiro atoms. The zero-order chi connectivity index (χ0) is 26.6. The van der Waals surface area contributed by atoms with Gasteiger partial charge in [0.25, 0.3) is 5.91 Å². The van der Waals surface area contributed by atoms with Crippen molar-refractivity contribution in [1.29, 1.82) is 0 Å². The number of ether oxygens (including phenoxy) is 1. The van der Waals surface area contributed by atoms with Crippen LogP contribution in [0.15, 0.2) is 72.8 Å². The SMILES string of the molecule is CCC(OC(=O)c1c2c(nc3ccccc13)CCN(Cc1ccccc1)C2)C(=O)Nc1ccc(Cl)cc1Cl. The normalized spacial score (nSPS) is 14.1. The molecule has 1 N–H and O–H groups in total. The quantitative estimate of drug-likeness (QED) is 0.261. The third kappa shape index (κ3) is 5.68. The summed E-state index contributed by atoms with van der Waals surface area (Å²) in [4.78, 5) is 34.0. The van der Waals surface area contributed by atoms with E-state index in [9.17, 15) is 9.59 Å². The van der Waals surface area contributed by atoms with E-state index in [0.717, 1.165) is 36.3 Å². The lowest BCUT2D eigenvalue weighted by molar-refractivity contribution is -0.124. The molecule has 0 saturated heterocycles. The van der Waals surface area contributed by atoms with Gasteiger partial charge in [-0.3, -0.25) is 14.7 Å². The maximum Gasteiger partial charge on any atom is 0.340 e. The highest BCUT2D eigenvalue weighted by Crippen LogP contribution is 2.30. The predicted octanol–water partition coefficient (Wildman–Crippen LogP) is 6.67. The monoisotopic (exact) mass is 547 g/mol. The van der Waals surface area contributed by atoms with Gasteiger partial charge < -0.3 is 10.1 Å². The van der Waals surface area contributed by atoms with E-state index in [4.69, 9.17) is 32.9 Å². The van der Waals surface area contributed by atoms with Crippen molar-refractivity contribution in [1.82, 2.24) is 9.88 Å². The van der Waals surface area contributed by atoms with Crippen molar-refractivity contribution in [3.8, 4) is 0 Å². The maximum atomic E-state index is 13.7. The van der Waals surface area contributed by atoms with Crippen molar-refractivity contribution in [2.45, 2.75) is 39.0 Å². The van der Waals surface area contributed by atoms with Gasteiger partial charge in [-0.25, -0.2) is 4.79 Å². The van der Waals surface area contributed by atoms with E-state index in [2.05, 4.69) is 22.3 Å². The van der Waals surface area contributed by atoms with Crippen molar-refractivity contribution < 1.29 is 14.3 Å². The van der Waals surface area contributed by atoms with Crippen molar-refractivity contribution in [3.05, 3.63) is 105 Å². The Balaban J connectivity index is 1.43. The molecule has 3 aromatic carbocycles. The Bertz CT molecular complexity index is 1490. The van der Waals surface area contributed by atoms with E-state index in [1.165, 1.54) is 5.56 Å². The van der Waals surface area contributed by atoms with Gasteiger partial charge in [0.1, 0.15) is 0 Å². The van der Waals surface area contributed by atoms with Crippen LogP contribution in [0, 0.1) is 0 Å². The number of hydrogen-bond donors (Lipinski definition) is 1. The Morgan fingerprint density at radius 1 is 1.05 bits per heavy atom. The molecule has 194 valence electrons. The summed E-state index contributed by atoms with van der Waals surface area (Å²) in [6.45, 7) is 3.96. The van der Waals surface area contributed by atoms with Crippen LogP contribution in [0.2, 0.25) is 10.0 Å². The number of carbonyl (C=O) groups excluding carboxylic acids is 2. The first kappa shape index (κ1) is 26.2. The number of anilines is 1. The number of halogens is 2.